The summed E-state index contributed by atoms with van der Waals surface area (Å²) in [5, 5.41) is 10.6. The number of piperidine rings is 1. The Morgan fingerprint density at radius 3 is 2.29 bits per heavy atom. The molecule has 1 heterocycles. The Labute approximate surface area is 179 Å². The first kappa shape index (κ1) is 22.8. The van der Waals surface area contributed by atoms with E-state index >= 15 is 0 Å². The van der Waals surface area contributed by atoms with Crippen LogP contribution in [0.1, 0.15) is 28.8 Å². The maximum Gasteiger partial charge on any atom is 0.416 e. The zero-order valence-corrected chi connectivity index (χ0v) is 17.1. The molecule has 0 aliphatic carbocycles. The third kappa shape index (κ3) is 6.05. The lowest BCUT2D eigenvalue weighted by Crippen LogP contribution is -2.47. The van der Waals surface area contributed by atoms with Crippen LogP contribution in [0.4, 0.5) is 23.7 Å². The largest absolute Gasteiger partial charge is 0.416 e. The van der Waals surface area contributed by atoms with Crippen LogP contribution in [0.15, 0.2) is 53.4 Å². The lowest BCUT2D eigenvalue weighted by molar-refractivity contribution is -0.137. The number of benzene rings is 2. The summed E-state index contributed by atoms with van der Waals surface area (Å²) in [7, 11) is -1.68. The average molecular weight is 454 g/mol. The van der Waals surface area contributed by atoms with Gasteiger partial charge in [-0.2, -0.15) is 13.2 Å². The number of carbonyl (C=O) groups is 2. The summed E-state index contributed by atoms with van der Waals surface area (Å²) in [5.74, 6) is -0.208. The topological polar surface area (TPSA) is 105 Å². The molecule has 0 aromatic heterocycles. The third-order valence-electron chi connectivity index (χ3n) is 4.90. The number of halogens is 3. The van der Waals surface area contributed by atoms with E-state index in [1.165, 1.54) is 18.2 Å². The highest BCUT2D eigenvalue weighted by atomic mass is 32.2. The number of urea groups is 1. The molecule has 3 rings (SSSR count). The summed E-state index contributed by atoms with van der Waals surface area (Å²) in [5.41, 5.74) is -0.156. The summed E-state index contributed by atoms with van der Waals surface area (Å²) >= 11 is 0. The van der Waals surface area contributed by atoms with Crippen molar-refractivity contribution in [2.24, 2.45) is 5.14 Å². The predicted octanol–water partition coefficient (Wildman–Crippen LogP) is 3.11. The van der Waals surface area contributed by atoms with Crippen molar-refractivity contribution in [2.75, 3.05) is 18.4 Å². The number of likely N-dealkylation sites (tertiary alicyclic amines) is 1. The molecule has 1 aliphatic rings. The van der Waals surface area contributed by atoms with Gasteiger partial charge in [-0.15, -0.1) is 0 Å². The number of nitrogens with one attached hydrogen (secondary N) is 2. The Balaban J connectivity index is 1.49. The lowest BCUT2D eigenvalue weighted by Gasteiger charge is -2.32. The van der Waals surface area contributed by atoms with Gasteiger partial charge in [-0.3, -0.25) is 4.79 Å². The highest BCUT2D eigenvalue weighted by molar-refractivity contribution is 7.82. The zero-order chi connectivity index (χ0) is 22.6. The van der Waals surface area contributed by atoms with Crippen LogP contribution in [0.25, 0.3) is 0 Å². The number of hydrogen-bond donors (Lipinski definition) is 3. The lowest BCUT2D eigenvalue weighted by atomic mass is 10.0. The number of nitrogens with two attached hydrogens (primary N) is 1. The summed E-state index contributed by atoms with van der Waals surface area (Å²) in [4.78, 5) is 26.8. The number of rotatable bonds is 4. The van der Waals surface area contributed by atoms with Crippen molar-refractivity contribution in [1.29, 1.82) is 0 Å². The van der Waals surface area contributed by atoms with E-state index in [9.17, 15) is 27.0 Å². The van der Waals surface area contributed by atoms with Gasteiger partial charge in [0.05, 0.1) is 10.5 Å². The van der Waals surface area contributed by atoms with Gasteiger partial charge in [-0.1, -0.05) is 6.07 Å². The van der Waals surface area contributed by atoms with E-state index in [1.54, 1.807) is 23.1 Å². The SMILES string of the molecule is NS(=O)c1cccc(C(=O)N2CCC(NC(=O)Nc3ccc(C(F)(F)F)cc3)CC2)c1. The predicted molar refractivity (Wildman–Crippen MR) is 110 cm³/mol. The molecule has 1 fully saturated rings. The van der Waals surface area contributed by atoms with Crippen molar-refractivity contribution in [3.05, 3.63) is 59.7 Å². The van der Waals surface area contributed by atoms with Gasteiger partial charge in [0.1, 0.15) is 11.0 Å². The molecule has 2 aromatic carbocycles. The fourth-order valence-electron chi connectivity index (χ4n) is 3.26. The molecule has 11 heteroatoms. The number of nitrogens with zero attached hydrogens (tertiary/aromatic N) is 1. The molecule has 1 unspecified atom stereocenters. The smallest absolute Gasteiger partial charge is 0.338 e. The van der Waals surface area contributed by atoms with Gasteiger partial charge in [0.2, 0.25) is 0 Å². The van der Waals surface area contributed by atoms with Gasteiger partial charge in [-0.05, 0) is 55.3 Å². The van der Waals surface area contributed by atoms with Crippen molar-refractivity contribution in [3.8, 4) is 0 Å². The van der Waals surface area contributed by atoms with E-state index in [0.29, 0.717) is 36.4 Å². The summed E-state index contributed by atoms with van der Waals surface area (Å²) < 4.78 is 49.2. The maximum atomic E-state index is 12.6. The Morgan fingerprint density at radius 1 is 1.06 bits per heavy atom. The normalized spacial score (nSPS) is 15.9. The monoisotopic (exact) mass is 454 g/mol. The number of anilines is 1. The van der Waals surface area contributed by atoms with Crippen LogP contribution in [-0.2, 0) is 17.2 Å². The van der Waals surface area contributed by atoms with E-state index in [-0.39, 0.29) is 17.6 Å². The van der Waals surface area contributed by atoms with E-state index in [4.69, 9.17) is 5.14 Å². The molecule has 2 aromatic rings. The Bertz CT molecular complexity index is 974. The molecular formula is C20H21F3N4O3S. The van der Waals surface area contributed by atoms with Crippen molar-refractivity contribution in [2.45, 2.75) is 30.0 Å². The first-order chi connectivity index (χ1) is 14.6. The van der Waals surface area contributed by atoms with E-state index in [2.05, 4.69) is 10.6 Å². The van der Waals surface area contributed by atoms with Gasteiger partial charge >= 0.3 is 12.2 Å². The molecule has 0 radical (unpaired) electrons. The average Bonchev–Trinajstić information content (AvgIpc) is 2.73. The Hall–Kier alpha value is -2.92. The molecule has 7 nitrogen and oxygen atoms in total. The van der Waals surface area contributed by atoms with Crippen LogP contribution in [0.5, 0.6) is 0 Å². The third-order valence-corrected chi connectivity index (χ3v) is 5.62. The second-order valence-electron chi connectivity index (χ2n) is 7.07. The van der Waals surface area contributed by atoms with Gasteiger partial charge in [-0.25, -0.2) is 14.1 Å². The Morgan fingerprint density at radius 2 is 1.71 bits per heavy atom. The van der Waals surface area contributed by atoms with Gasteiger partial charge < -0.3 is 15.5 Å². The van der Waals surface area contributed by atoms with Crippen LogP contribution in [0, 0.1) is 0 Å². The van der Waals surface area contributed by atoms with Crippen LogP contribution >= 0.6 is 0 Å². The first-order valence-corrected chi connectivity index (χ1v) is 10.6. The number of alkyl halides is 3. The van der Waals surface area contributed by atoms with Gasteiger partial charge in [0.15, 0.2) is 0 Å². The Kier molecular flexibility index (Phi) is 6.96. The zero-order valence-electron chi connectivity index (χ0n) is 16.3. The van der Waals surface area contributed by atoms with Crippen molar-refractivity contribution < 1.29 is 27.0 Å². The molecule has 1 atom stereocenters. The molecule has 0 bridgehead atoms. The molecule has 3 amide bonds. The minimum absolute atomic E-state index is 0.179. The number of amides is 3. The standard InChI is InChI=1S/C20H21F3N4O3S/c21-20(22,23)14-4-6-15(7-5-14)25-19(29)26-16-8-10-27(11-9-16)18(28)13-2-1-3-17(12-13)31(24)30/h1-7,12,16H,8-11,24H2,(H2,25,26,29). The highest BCUT2D eigenvalue weighted by Gasteiger charge is 2.30. The van der Waals surface area contributed by atoms with Crippen LogP contribution in [0.3, 0.4) is 0 Å². The molecule has 31 heavy (non-hydrogen) atoms. The minimum Gasteiger partial charge on any atom is -0.338 e. The van der Waals surface area contributed by atoms with Crippen molar-refractivity contribution >= 4 is 28.6 Å². The van der Waals surface area contributed by atoms with E-state index in [0.717, 1.165) is 12.1 Å². The fourth-order valence-corrected chi connectivity index (χ4v) is 3.71. The van der Waals surface area contributed by atoms with Crippen LogP contribution in [-0.4, -0.2) is 40.2 Å². The summed E-state index contributed by atoms with van der Waals surface area (Å²) in [6.45, 7) is 0.833. The number of carbonyl (C=O) groups excluding carboxylic acids is 2. The maximum absolute atomic E-state index is 12.6. The van der Waals surface area contributed by atoms with Crippen LogP contribution < -0.4 is 15.8 Å². The fraction of sp³-hybridized carbons (Fsp3) is 0.300. The molecule has 4 N–H and O–H groups in total. The summed E-state index contributed by atoms with van der Waals surface area (Å²) in [6, 6.07) is 9.79. The molecule has 0 saturated carbocycles. The van der Waals surface area contributed by atoms with Crippen molar-refractivity contribution in [1.82, 2.24) is 10.2 Å². The molecular weight excluding hydrogens is 433 g/mol. The quantitative estimate of drug-likeness (QED) is 0.661. The highest BCUT2D eigenvalue weighted by Crippen LogP contribution is 2.29. The molecule has 1 saturated heterocycles. The molecule has 0 spiro atoms. The minimum atomic E-state index is -4.44. The van der Waals surface area contributed by atoms with E-state index < -0.39 is 28.8 Å². The van der Waals surface area contributed by atoms with Crippen LogP contribution in [0.2, 0.25) is 0 Å². The van der Waals surface area contributed by atoms with Gasteiger partial charge in [0, 0.05) is 30.4 Å². The second kappa shape index (κ2) is 9.48. The van der Waals surface area contributed by atoms with Crippen molar-refractivity contribution in [3.63, 3.8) is 0 Å². The number of hydrogen-bond acceptors (Lipinski definition) is 3. The summed E-state index contributed by atoms with van der Waals surface area (Å²) in [6.07, 6.45) is -3.39. The second-order valence-corrected chi connectivity index (χ2v) is 8.13. The van der Waals surface area contributed by atoms with E-state index in [1.807, 2.05) is 0 Å². The first-order valence-electron chi connectivity index (χ1n) is 9.44. The van der Waals surface area contributed by atoms with Gasteiger partial charge in [0.25, 0.3) is 5.91 Å². The molecule has 166 valence electrons. The molecule has 1 aliphatic heterocycles.